The smallest absolute Gasteiger partial charge is 0.333 e. The van der Waals surface area contributed by atoms with E-state index < -0.39 is 15.9 Å². The van der Waals surface area contributed by atoms with Crippen LogP contribution in [0.25, 0.3) is 0 Å². The summed E-state index contributed by atoms with van der Waals surface area (Å²) >= 11 is 0. The van der Waals surface area contributed by atoms with Crippen molar-refractivity contribution in [2.45, 2.75) is 39.2 Å². The van der Waals surface area contributed by atoms with Crippen molar-refractivity contribution >= 4 is 21.6 Å². The summed E-state index contributed by atoms with van der Waals surface area (Å²) < 4.78 is 22.4. The third-order valence-electron chi connectivity index (χ3n) is 2.70. The van der Waals surface area contributed by atoms with E-state index in [0.29, 0.717) is 6.42 Å². The molecule has 17 heavy (non-hydrogen) atoms. The first kappa shape index (κ1) is 14.0. The molecule has 0 radical (unpaired) electrons. The summed E-state index contributed by atoms with van der Waals surface area (Å²) in [5.41, 5.74) is 3.28. The number of nitrogens with zero attached hydrogens (tertiary/aromatic N) is 1. The standard InChI is InChI=1S/C10H19N3O3S/c1-3-8(4-2)12-13-10(14)11-9-5-6-17(15,16)7-9/h9H,3-7H2,1-2H3,(H2,11,13,14)/t9-/m0/s1. The second kappa shape index (κ2) is 6.00. The van der Waals surface area contributed by atoms with Gasteiger partial charge in [0.2, 0.25) is 0 Å². The maximum Gasteiger partial charge on any atom is 0.335 e. The topological polar surface area (TPSA) is 87.6 Å². The van der Waals surface area contributed by atoms with Crippen LogP contribution < -0.4 is 10.7 Å². The summed E-state index contributed by atoms with van der Waals surface area (Å²) in [6.07, 6.45) is 2.05. The van der Waals surface area contributed by atoms with Gasteiger partial charge < -0.3 is 5.32 Å². The number of nitrogens with one attached hydrogen (secondary N) is 2. The van der Waals surface area contributed by atoms with E-state index in [1.54, 1.807) is 0 Å². The highest BCUT2D eigenvalue weighted by Gasteiger charge is 2.28. The first-order valence-corrected chi connectivity index (χ1v) is 7.61. The number of amides is 2. The van der Waals surface area contributed by atoms with Crippen molar-refractivity contribution in [2.24, 2.45) is 5.10 Å². The zero-order valence-corrected chi connectivity index (χ0v) is 11.0. The molecule has 1 rings (SSSR count). The fourth-order valence-corrected chi connectivity index (χ4v) is 3.34. The first-order valence-electron chi connectivity index (χ1n) is 5.79. The Morgan fingerprint density at radius 1 is 1.35 bits per heavy atom. The Kier molecular flexibility index (Phi) is 4.92. The van der Waals surface area contributed by atoms with Crippen LogP contribution in [0.3, 0.4) is 0 Å². The molecule has 0 aliphatic carbocycles. The molecule has 98 valence electrons. The predicted octanol–water partition coefficient (Wildman–Crippen LogP) is 0.649. The Bertz CT molecular complexity index is 397. The minimum Gasteiger partial charge on any atom is -0.333 e. The number of hydrazone groups is 1. The number of rotatable bonds is 4. The Labute approximate surface area is 102 Å². The van der Waals surface area contributed by atoms with Gasteiger partial charge in [-0.3, -0.25) is 0 Å². The molecular weight excluding hydrogens is 242 g/mol. The summed E-state index contributed by atoms with van der Waals surface area (Å²) in [5.74, 6) is 0.176. The van der Waals surface area contributed by atoms with Crippen LogP contribution in [-0.4, -0.2) is 37.7 Å². The van der Waals surface area contributed by atoms with Crippen LogP contribution in [0.1, 0.15) is 33.1 Å². The zero-order chi connectivity index (χ0) is 12.9. The summed E-state index contributed by atoms with van der Waals surface area (Å²) in [7, 11) is -2.96. The number of hydrogen-bond donors (Lipinski definition) is 2. The maximum absolute atomic E-state index is 11.4. The van der Waals surface area contributed by atoms with Gasteiger partial charge in [-0.25, -0.2) is 18.6 Å². The molecule has 1 atom stereocenters. The van der Waals surface area contributed by atoms with Crippen LogP contribution in [0.15, 0.2) is 5.10 Å². The summed E-state index contributed by atoms with van der Waals surface area (Å²) in [6.45, 7) is 3.93. The molecule has 2 amide bonds. The van der Waals surface area contributed by atoms with Crippen molar-refractivity contribution < 1.29 is 13.2 Å². The van der Waals surface area contributed by atoms with Crippen LogP contribution in [0.2, 0.25) is 0 Å². The molecule has 1 fully saturated rings. The van der Waals surface area contributed by atoms with Crippen LogP contribution in [-0.2, 0) is 9.84 Å². The van der Waals surface area contributed by atoms with Gasteiger partial charge in [0, 0.05) is 11.8 Å². The van der Waals surface area contributed by atoms with Crippen molar-refractivity contribution in [1.82, 2.24) is 10.7 Å². The van der Waals surface area contributed by atoms with Crippen molar-refractivity contribution in [3.63, 3.8) is 0 Å². The van der Waals surface area contributed by atoms with E-state index in [1.807, 2.05) is 13.8 Å². The highest BCUT2D eigenvalue weighted by Crippen LogP contribution is 2.10. The molecule has 0 bridgehead atoms. The SMILES string of the molecule is CCC(CC)=NNC(=O)N[C@H]1CCS(=O)(=O)C1. The van der Waals surface area contributed by atoms with Gasteiger partial charge >= 0.3 is 6.03 Å². The molecule has 7 heteroatoms. The van der Waals surface area contributed by atoms with Crippen LogP contribution >= 0.6 is 0 Å². The fourth-order valence-electron chi connectivity index (χ4n) is 1.66. The van der Waals surface area contributed by atoms with E-state index in [1.165, 1.54) is 0 Å². The molecule has 1 heterocycles. The molecule has 1 aliphatic rings. The van der Waals surface area contributed by atoms with Gasteiger partial charge in [-0.15, -0.1) is 0 Å². The van der Waals surface area contributed by atoms with Crippen molar-refractivity contribution in [1.29, 1.82) is 0 Å². The number of carbonyl (C=O) groups excluding carboxylic acids is 1. The van der Waals surface area contributed by atoms with Crippen molar-refractivity contribution in [2.75, 3.05) is 11.5 Å². The monoisotopic (exact) mass is 261 g/mol. The number of hydrogen-bond acceptors (Lipinski definition) is 4. The van der Waals surface area contributed by atoms with Crippen LogP contribution in [0.5, 0.6) is 0 Å². The van der Waals surface area contributed by atoms with Crippen molar-refractivity contribution in [3.05, 3.63) is 0 Å². The predicted molar refractivity (Wildman–Crippen MR) is 66.7 cm³/mol. The van der Waals surface area contributed by atoms with Crippen molar-refractivity contribution in [3.8, 4) is 0 Å². The van der Waals surface area contributed by atoms with Crippen LogP contribution in [0.4, 0.5) is 4.79 Å². The average molecular weight is 261 g/mol. The van der Waals surface area contributed by atoms with Gasteiger partial charge in [0.05, 0.1) is 11.5 Å². The third-order valence-corrected chi connectivity index (χ3v) is 4.47. The van der Waals surface area contributed by atoms with Gasteiger partial charge in [-0.2, -0.15) is 5.10 Å². The molecule has 0 spiro atoms. The second-order valence-electron chi connectivity index (χ2n) is 4.07. The Morgan fingerprint density at radius 3 is 2.47 bits per heavy atom. The van der Waals surface area contributed by atoms with Gasteiger partial charge in [0.1, 0.15) is 0 Å². The van der Waals surface area contributed by atoms with E-state index in [2.05, 4.69) is 15.8 Å². The largest absolute Gasteiger partial charge is 0.335 e. The quantitative estimate of drug-likeness (QED) is 0.575. The van der Waals surface area contributed by atoms with E-state index in [9.17, 15) is 13.2 Å². The van der Waals surface area contributed by atoms with Gasteiger partial charge in [-0.05, 0) is 19.3 Å². The molecule has 0 unspecified atom stereocenters. The zero-order valence-electron chi connectivity index (χ0n) is 10.2. The van der Waals surface area contributed by atoms with Crippen LogP contribution in [0, 0.1) is 0 Å². The maximum atomic E-state index is 11.4. The lowest BCUT2D eigenvalue weighted by Crippen LogP contribution is -2.41. The highest BCUT2D eigenvalue weighted by molar-refractivity contribution is 7.91. The second-order valence-corrected chi connectivity index (χ2v) is 6.30. The third kappa shape index (κ3) is 4.72. The van der Waals surface area contributed by atoms with Gasteiger partial charge in [0.25, 0.3) is 0 Å². The highest BCUT2D eigenvalue weighted by atomic mass is 32.2. The molecular formula is C10H19N3O3S. The number of carbonyl (C=O) groups is 1. The molecule has 0 aromatic carbocycles. The van der Waals surface area contributed by atoms with E-state index in [0.717, 1.165) is 18.6 Å². The van der Waals surface area contributed by atoms with E-state index >= 15 is 0 Å². The van der Waals surface area contributed by atoms with Gasteiger partial charge in [-0.1, -0.05) is 13.8 Å². The molecule has 2 N–H and O–H groups in total. The lowest BCUT2D eigenvalue weighted by Gasteiger charge is -2.10. The Balaban J connectivity index is 2.38. The summed E-state index contributed by atoms with van der Waals surface area (Å²) in [5, 5.41) is 6.55. The first-order chi connectivity index (χ1) is 7.96. The lowest BCUT2D eigenvalue weighted by molar-refractivity contribution is 0.238. The summed E-state index contributed by atoms with van der Waals surface area (Å²) in [6, 6.07) is -0.728. The van der Waals surface area contributed by atoms with E-state index in [4.69, 9.17) is 0 Å². The fraction of sp³-hybridized carbons (Fsp3) is 0.800. The summed E-state index contributed by atoms with van der Waals surface area (Å²) in [4.78, 5) is 11.4. The average Bonchev–Trinajstić information content (AvgIpc) is 2.59. The lowest BCUT2D eigenvalue weighted by atomic mass is 10.2. The molecule has 0 aromatic heterocycles. The minimum absolute atomic E-state index is 0.0263. The Hall–Kier alpha value is -1.11. The molecule has 0 aromatic rings. The van der Waals surface area contributed by atoms with Gasteiger partial charge in [0.15, 0.2) is 9.84 Å². The molecule has 0 saturated carbocycles. The molecule has 6 nitrogen and oxygen atoms in total. The molecule has 1 aliphatic heterocycles. The minimum atomic E-state index is -2.96. The normalized spacial score (nSPS) is 21.9. The Morgan fingerprint density at radius 2 is 2.00 bits per heavy atom. The number of sulfone groups is 1. The number of urea groups is 1. The van der Waals surface area contributed by atoms with E-state index in [-0.39, 0.29) is 17.5 Å². The molecule has 1 saturated heterocycles.